The molecular weight excluding hydrogens is 466 g/mol. The Morgan fingerprint density at radius 2 is 1.21 bits per heavy atom. The van der Waals surface area contributed by atoms with E-state index in [-0.39, 0.29) is 17.4 Å². The number of rotatable bonds is 7. The number of para-hydroxylation sites is 2. The number of aliphatic imine (C=N–C) groups is 1. The van der Waals surface area contributed by atoms with Gasteiger partial charge in [-0.1, -0.05) is 125 Å². The highest BCUT2D eigenvalue weighted by Crippen LogP contribution is 2.36. The summed E-state index contributed by atoms with van der Waals surface area (Å²) in [6.45, 7) is 8.76. The predicted molar refractivity (Wildman–Crippen MR) is 158 cm³/mol. The molecule has 1 N–H and O–H groups in total. The first-order valence-corrected chi connectivity index (χ1v) is 13.2. The molecule has 0 unspecified atom stereocenters. The van der Waals surface area contributed by atoms with Gasteiger partial charge in [-0.2, -0.15) is 0 Å². The summed E-state index contributed by atoms with van der Waals surface area (Å²) in [5.74, 6) is 0.565. The normalized spacial score (nSPS) is 11.9. The van der Waals surface area contributed by atoms with E-state index in [0.29, 0.717) is 11.3 Å². The van der Waals surface area contributed by atoms with Crippen LogP contribution in [0.5, 0.6) is 0 Å². The zero-order valence-corrected chi connectivity index (χ0v) is 22.3. The molecule has 4 aromatic carbocycles. The van der Waals surface area contributed by atoms with Crippen LogP contribution in [0.25, 0.3) is 16.9 Å². The van der Waals surface area contributed by atoms with Crippen LogP contribution in [-0.2, 0) is 0 Å². The van der Waals surface area contributed by atoms with Crippen molar-refractivity contribution in [2.75, 3.05) is 0 Å². The number of benzene rings is 4. The average molecular weight is 500 g/mol. The Morgan fingerprint density at radius 1 is 0.684 bits per heavy atom. The Labute approximate surface area is 224 Å². The number of nitrogens with one attached hydrogen (secondary N) is 1. The molecule has 5 rings (SSSR count). The molecule has 1 heterocycles. The van der Waals surface area contributed by atoms with Crippen molar-refractivity contribution in [2.24, 2.45) is 4.99 Å². The number of hydrogen-bond donors (Lipinski definition) is 1. The van der Waals surface area contributed by atoms with Gasteiger partial charge in [0.25, 0.3) is 5.56 Å². The summed E-state index contributed by atoms with van der Waals surface area (Å²) in [5, 5.41) is 3.42. The average Bonchev–Trinajstić information content (AvgIpc) is 3.29. The van der Waals surface area contributed by atoms with Gasteiger partial charge in [-0.3, -0.25) is 9.89 Å². The summed E-state index contributed by atoms with van der Waals surface area (Å²) in [5.41, 5.74) is 7.72. The Balaban J connectivity index is 1.88. The Morgan fingerprint density at radius 3 is 1.76 bits per heavy atom. The minimum atomic E-state index is -0.134. The van der Waals surface area contributed by atoms with Crippen LogP contribution in [-0.4, -0.2) is 15.5 Å². The van der Waals surface area contributed by atoms with Gasteiger partial charge in [-0.15, -0.1) is 0 Å². The van der Waals surface area contributed by atoms with Crippen LogP contribution in [0.2, 0.25) is 0 Å². The summed E-state index contributed by atoms with van der Waals surface area (Å²) in [6, 6.07) is 36.1. The minimum absolute atomic E-state index is 0.134. The third-order valence-corrected chi connectivity index (χ3v) is 6.82. The first-order chi connectivity index (χ1) is 18.5. The third kappa shape index (κ3) is 4.90. The van der Waals surface area contributed by atoms with Crippen LogP contribution < -0.4 is 5.56 Å². The standard InChI is InChI=1S/C34H33N3O/c1-23(2)28-21-14-22-29(24(3)4)33(28)35-31(25-15-8-5-9-16-25)30-32(26-17-10-6-11-18-26)36-37(34(30)38)27-19-12-7-13-20-27/h5-24,36H,1-4H3. The second-order valence-electron chi connectivity index (χ2n) is 10.1. The molecule has 0 aliphatic carbocycles. The van der Waals surface area contributed by atoms with Crippen molar-refractivity contribution in [1.82, 2.24) is 9.78 Å². The lowest BCUT2D eigenvalue weighted by Gasteiger charge is -2.18. The summed E-state index contributed by atoms with van der Waals surface area (Å²) in [7, 11) is 0. The highest BCUT2D eigenvalue weighted by atomic mass is 16.1. The lowest BCUT2D eigenvalue weighted by molar-refractivity contribution is 0.834. The Hall–Kier alpha value is -4.44. The molecule has 1 aromatic heterocycles. The quantitative estimate of drug-likeness (QED) is 0.225. The predicted octanol–water partition coefficient (Wildman–Crippen LogP) is 8.25. The van der Waals surface area contributed by atoms with E-state index in [0.717, 1.165) is 28.2 Å². The summed E-state index contributed by atoms with van der Waals surface area (Å²) < 4.78 is 1.62. The zero-order chi connectivity index (χ0) is 26.6. The SMILES string of the molecule is CC(C)c1cccc(C(C)C)c1N=C(c1ccccc1)c1c(-c2ccccc2)[nH]n(-c2ccccc2)c1=O. The number of nitrogens with zero attached hydrogens (tertiary/aromatic N) is 2. The van der Waals surface area contributed by atoms with E-state index in [9.17, 15) is 4.79 Å². The largest absolute Gasteiger partial charge is 0.290 e. The number of aromatic nitrogens is 2. The Bertz CT molecular complexity index is 1580. The molecule has 0 amide bonds. The smallest absolute Gasteiger partial charge is 0.281 e. The van der Waals surface area contributed by atoms with Crippen molar-refractivity contribution in [2.45, 2.75) is 39.5 Å². The lowest BCUT2D eigenvalue weighted by atomic mass is 9.92. The molecule has 0 aliphatic heterocycles. The third-order valence-electron chi connectivity index (χ3n) is 6.82. The molecule has 0 fully saturated rings. The maximum atomic E-state index is 14.3. The van der Waals surface area contributed by atoms with Gasteiger partial charge in [0.2, 0.25) is 0 Å². The first-order valence-electron chi connectivity index (χ1n) is 13.2. The maximum Gasteiger partial charge on any atom is 0.281 e. The van der Waals surface area contributed by atoms with Gasteiger partial charge in [0.05, 0.1) is 28.3 Å². The minimum Gasteiger partial charge on any atom is -0.290 e. The van der Waals surface area contributed by atoms with Crippen LogP contribution in [0, 0.1) is 0 Å². The Kier molecular flexibility index (Phi) is 7.23. The van der Waals surface area contributed by atoms with E-state index in [1.54, 1.807) is 4.68 Å². The molecule has 38 heavy (non-hydrogen) atoms. The summed E-state index contributed by atoms with van der Waals surface area (Å²) in [6.07, 6.45) is 0. The van der Waals surface area contributed by atoms with Gasteiger partial charge in [-0.05, 0) is 35.1 Å². The second kappa shape index (κ2) is 10.9. The number of aromatic amines is 1. The van der Waals surface area contributed by atoms with Crippen LogP contribution in [0.15, 0.2) is 119 Å². The fourth-order valence-electron chi connectivity index (χ4n) is 4.84. The monoisotopic (exact) mass is 499 g/mol. The fraction of sp³-hybridized carbons (Fsp3) is 0.176. The molecule has 5 aromatic rings. The van der Waals surface area contributed by atoms with Crippen LogP contribution >= 0.6 is 0 Å². The van der Waals surface area contributed by atoms with Gasteiger partial charge in [0, 0.05) is 11.1 Å². The molecule has 190 valence electrons. The van der Waals surface area contributed by atoms with Gasteiger partial charge >= 0.3 is 0 Å². The van der Waals surface area contributed by atoms with Crippen molar-refractivity contribution in [3.8, 4) is 16.9 Å². The van der Waals surface area contributed by atoms with Gasteiger partial charge in [0.1, 0.15) is 0 Å². The van der Waals surface area contributed by atoms with E-state index in [1.165, 1.54) is 11.1 Å². The number of H-pyrrole nitrogens is 1. The van der Waals surface area contributed by atoms with Crippen molar-refractivity contribution >= 4 is 11.4 Å². The second-order valence-corrected chi connectivity index (χ2v) is 10.1. The molecule has 0 spiro atoms. The highest BCUT2D eigenvalue weighted by molar-refractivity contribution is 6.17. The molecule has 0 aliphatic rings. The van der Waals surface area contributed by atoms with E-state index in [4.69, 9.17) is 4.99 Å². The maximum absolute atomic E-state index is 14.3. The molecule has 0 saturated heterocycles. The molecule has 0 bridgehead atoms. The van der Waals surface area contributed by atoms with E-state index in [1.807, 2.05) is 91.0 Å². The summed E-state index contributed by atoms with van der Waals surface area (Å²) in [4.78, 5) is 19.6. The molecule has 0 atom stereocenters. The molecular formula is C34H33N3O. The topological polar surface area (TPSA) is 50.1 Å². The van der Waals surface area contributed by atoms with Gasteiger partial charge in [0.15, 0.2) is 0 Å². The number of hydrogen-bond acceptors (Lipinski definition) is 2. The van der Waals surface area contributed by atoms with Crippen LogP contribution in [0.1, 0.15) is 61.8 Å². The van der Waals surface area contributed by atoms with E-state index < -0.39 is 0 Å². The molecule has 4 nitrogen and oxygen atoms in total. The van der Waals surface area contributed by atoms with Gasteiger partial charge in [-0.25, -0.2) is 9.67 Å². The van der Waals surface area contributed by atoms with Crippen molar-refractivity contribution < 1.29 is 0 Å². The van der Waals surface area contributed by atoms with Crippen molar-refractivity contribution in [1.29, 1.82) is 0 Å². The zero-order valence-electron chi connectivity index (χ0n) is 22.3. The first kappa shape index (κ1) is 25.2. The van der Waals surface area contributed by atoms with E-state index in [2.05, 4.69) is 51.0 Å². The fourth-order valence-corrected chi connectivity index (χ4v) is 4.84. The highest BCUT2D eigenvalue weighted by Gasteiger charge is 2.24. The van der Waals surface area contributed by atoms with Crippen molar-refractivity contribution in [3.05, 3.63) is 142 Å². The van der Waals surface area contributed by atoms with Crippen LogP contribution in [0.4, 0.5) is 5.69 Å². The van der Waals surface area contributed by atoms with Gasteiger partial charge < -0.3 is 0 Å². The van der Waals surface area contributed by atoms with E-state index >= 15 is 0 Å². The van der Waals surface area contributed by atoms with Crippen LogP contribution in [0.3, 0.4) is 0 Å². The van der Waals surface area contributed by atoms with Crippen molar-refractivity contribution in [3.63, 3.8) is 0 Å². The molecule has 4 heteroatoms. The molecule has 0 saturated carbocycles. The molecule has 0 radical (unpaired) electrons. The summed E-state index contributed by atoms with van der Waals surface area (Å²) >= 11 is 0. The lowest BCUT2D eigenvalue weighted by Crippen LogP contribution is -2.21.